The van der Waals surface area contributed by atoms with Crippen LogP contribution in [-0.2, 0) is 4.79 Å². The van der Waals surface area contributed by atoms with Crippen molar-refractivity contribution in [3.8, 4) is 0 Å². The minimum Gasteiger partial charge on any atom is -0.480 e. The Balaban J connectivity index is 0.000000203. The van der Waals surface area contributed by atoms with Crippen LogP contribution in [0.4, 0.5) is 0 Å². The van der Waals surface area contributed by atoms with Crippen LogP contribution in [0.1, 0.15) is 5.56 Å². The minimum atomic E-state index is -0.866. The summed E-state index contributed by atoms with van der Waals surface area (Å²) in [5.74, 6) is -0.866. The molecule has 3 N–H and O–H groups in total. The normalized spacial score (nSPS) is 9.67. The zero-order chi connectivity index (χ0) is 13.4. The molecule has 18 heavy (non-hydrogen) atoms. The van der Waals surface area contributed by atoms with Gasteiger partial charge in [0.05, 0.1) is 0 Å². The van der Waals surface area contributed by atoms with Gasteiger partial charge >= 0.3 is 5.97 Å². The van der Waals surface area contributed by atoms with E-state index in [2.05, 4.69) is 60.2 Å². The van der Waals surface area contributed by atoms with Crippen LogP contribution in [0.2, 0.25) is 0 Å². The van der Waals surface area contributed by atoms with Crippen LogP contribution < -0.4 is 10.9 Å². The van der Waals surface area contributed by atoms with E-state index in [1.165, 1.54) is 16.3 Å². The van der Waals surface area contributed by atoms with E-state index in [1.54, 1.807) is 7.05 Å². The second-order valence-electron chi connectivity index (χ2n) is 3.85. The second kappa shape index (κ2) is 7.42. The van der Waals surface area contributed by atoms with E-state index in [-0.39, 0.29) is 6.54 Å². The van der Waals surface area contributed by atoms with Crippen molar-refractivity contribution in [2.75, 3.05) is 13.6 Å². The number of carbonyl (C=O) groups is 1. The van der Waals surface area contributed by atoms with Gasteiger partial charge in [-0.1, -0.05) is 48.0 Å². The molecule has 0 aliphatic carbocycles. The van der Waals surface area contributed by atoms with Gasteiger partial charge in [-0.25, -0.2) is 5.43 Å². The number of hydrogen-bond donors (Lipinski definition) is 3. The Labute approximate surface area is 107 Å². The molecule has 0 saturated heterocycles. The quantitative estimate of drug-likeness (QED) is 0.724. The third-order valence-corrected chi connectivity index (χ3v) is 2.32. The zero-order valence-electron chi connectivity index (χ0n) is 10.6. The van der Waals surface area contributed by atoms with Gasteiger partial charge in [-0.15, -0.1) is 0 Å². The Hall–Kier alpha value is -1.91. The zero-order valence-corrected chi connectivity index (χ0v) is 10.6. The van der Waals surface area contributed by atoms with Crippen molar-refractivity contribution in [3.05, 3.63) is 48.0 Å². The molecule has 0 bridgehead atoms. The molecule has 4 nitrogen and oxygen atoms in total. The van der Waals surface area contributed by atoms with Gasteiger partial charge in [0.15, 0.2) is 0 Å². The Kier molecular flexibility index (Phi) is 5.84. The molecule has 0 aliphatic rings. The fourth-order valence-corrected chi connectivity index (χ4v) is 1.47. The number of hydrogen-bond acceptors (Lipinski definition) is 3. The minimum absolute atomic E-state index is 0.0451. The van der Waals surface area contributed by atoms with Gasteiger partial charge in [-0.3, -0.25) is 10.2 Å². The van der Waals surface area contributed by atoms with Crippen molar-refractivity contribution in [1.29, 1.82) is 0 Å². The predicted molar refractivity (Wildman–Crippen MR) is 73.4 cm³/mol. The largest absolute Gasteiger partial charge is 0.480 e. The highest BCUT2D eigenvalue weighted by atomic mass is 16.4. The summed E-state index contributed by atoms with van der Waals surface area (Å²) in [5, 5.41) is 10.6. The highest BCUT2D eigenvalue weighted by molar-refractivity contribution is 5.82. The molecule has 0 atom stereocenters. The van der Waals surface area contributed by atoms with E-state index in [9.17, 15) is 4.79 Å². The monoisotopic (exact) mass is 246 g/mol. The van der Waals surface area contributed by atoms with Crippen LogP contribution >= 0.6 is 0 Å². The number of benzene rings is 2. The number of nitrogens with one attached hydrogen (secondary N) is 2. The number of carboxylic acids is 1. The van der Waals surface area contributed by atoms with Crippen molar-refractivity contribution in [2.45, 2.75) is 6.92 Å². The van der Waals surface area contributed by atoms with E-state index >= 15 is 0 Å². The van der Waals surface area contributed by atoms with E-state index in [0.29, 0.717) is 0 Å². The smallest absolute Gasteiger partial charge is 0.318 e. The van der Waals surface area contributed by atoms with Crippen LogP contribution in [0.3, 0.4) is 0 Å². The van der Waals surface area contributed by atoms with E-state index in [0.717, 1.165) is 0 Å². The van der Waals surface area contributed by atoms with Gasteiger partial charge in [-0.05, 0) is 24.7 Å². The molecule has 4 heteroatoms. The lowest BCUT2D eigenvalue weighted by atomic mass is 10.1. The molecule has 2 aromatic carbocycles. The van der Waals surface area contributed by atoms with Gasteiger partial charge in [0.1, 0.15) is 6.54 Å². The van der Waals surface area contributed by atoms with Gasteiger partial charge in [-0.2, -0.15) is 0 Å². The molecule has 0 radical (unpaired) electrons. The van der Waals surface area contributed by atoms with Gasteiger partial charge in [0, 0.05) is 0 Å². The van der Waals surface area contributed by atoms with Gasteiger partial charge in [0.25, 0.3) is 0 Å². The summed E-state index contributed by atoms with van der Waals surface area (Å²) in [6, 6.07) is 14.9. The van der Waals surface area contributed by atoms with Crippen LogP contribution in [0, 0.1) is 6.92 Å². The number of hydrazine groups is 1. The first kappa shape index (κ1) is 14.2. The molecule has 0 aliphatic heterocycles. The van der Waals surface area contributed by atoms with E-state index in [4.69, 9.17) is 5.11 Å². The Morgan fingerprint density at radius 2 is 1.83 bits per heavy atom. The molecule has 2 aromatic rings. The third-order valence-electron chi connectivity index (χ3n) is 2.32. The summed E-state index contributed by atoms with van der Waals surface area (Å²) in [6.45, 7) is 2.07. The maximum atomic E-state index is 9.66. The molecule has 2 rings (SSSR count). The molecule has 0 fully saturated rings. The number of rotatable bonds is 3. The molecule has 0 heterocycles. The SMILES string of the molecule is CNNCC(=O)O.Cc1ccc2ccccc2c1. The van der Waals surface area contributed by atoms with Gasteiger partial charge in [0.2, 0.25) is 0 Å². The molecule has 0 spiro atoms. The summed E-state index contributed by atoms with van der Waals surface area (Å²) >= 11 is 0. The van der Waals surface area contributed by atoms with Crippen molar-refractivity contribution in [1.82, 2.24) is 10.9 Å². The fourth-order valence-electron chi connectivity index (χ4n) is 1.47. The second-order valence-corrected chi connectivity index (χ2v) is 3.85. The lowest BCUT2D eigenvalue weighted by Crippen LogP contribution is -2.32. The Morgan fingerprint density at radius 1 is 1.17 bits per heavy atom. The summed E-state index contributed by atoms with van der Waals surface area (Å²) in [4.78, 5) is 9.66. The first-order valence-corrected chi connectivity index (χ1v) is 5.70. The summed E-state index contributed by atoms with van der Waals surface area (Å²) in [5.41, 5.74) is 6.19. The maximum Gasteiger partial charge on any atom is 0.318 e. The number of carboxylic acid groups (broad SMARTS) is 1. The summed E-state index contributed by atoms with van der Waals surface area (Å²) in [7, 11) is 1.61. The van der Waals surface area contributed by atoms with Crippen molar-refractivity contribution in [3.63, 3.8) is 0 Å². The average molecular weight is 246 g/mol. The maximum absolute atomic E-state index is 9.66. The van der Waals surface area contributed by atoms with E-state index in [1.807, 2.05) is 0 Å². The Morgan fingerprint density at radius 3 is 2.39 bits per heavy atom. The standard InChI is InChI=1S/C11H10.C3H8N2O2/c1-9-6-7-10-4-2-3-5-11(10)8-9;1-4-5-2-3(6)7/h2-8H,1H3;4-5H,2H2,1H3,(H,6,7). The predicted octanol–water partition coefficient (Wildman–Crippen LogP) is 1.94. The van der Waals surface area contributed by atoms with Crippen molar-refractivity contribution in [2.24, 2.45) is 0 Å². The first-order valence-electron chi connectivity index (χ1n) is 5.70. The van der Waals surface area contributed by atoms with Crippen molar-refractivity contribution >= 4 is 16.7 Å². The third kappa shape index (κ3) is 4.95. The molecule has 0 saturated carbocycles. The topological polar surface area (TPSA) is 61.4 Å². The molecular weight excluding hydrogens is 228 g/mol. The molecule has 0 unspecified atom stereocenters. The average Bonchev–Trinajstić information content (AvgIpc) is 2.37. The highest BCUT2D eigenvalue weighted by Crippen LogP contribution is 2.14. The first-order chi connectivity index (χ1) is 8.63. The molecule has 0 amide bonds. The number of aliphatic carboxylic acids is 1. The number of aryl methyl sites for hydroxylation is 1. The lowest BCUT2D eigenvalue weighted by molar-refractivity contribution is -0.136. The van der Waals surface area contributed by atoms with Crippen molar-refractivity contribution < 1.29 is 9.90 Å². The van der Waals surface area contributed by atoms with E-state index < -0.39 is 5.97 Å². The Bertz CT molecular complexity index is 512. The van der Waals surface area contributed by atoms with Crippen LogP contribution in [0.5, 0.6) is 0 Å². The van der Waals surface area contributed by atoms with Crippen LogP contribution in [0.25, 0.3) is 10.8 Å². The summed E-state index contributed by atoms with van der Waals surface area (Å²) in [6.07, 6.45) is 0. The van der Waals surface area contributed by atoms with Gasteiger partial charge < -0.3 is 5.11 Å². The fraction of sp³-hybridized carbons (Fsp3) is 0.214. The molecule has 96 valence electrons. The molecular formula is C14H18N2O2. The summed E-state index contributed by atoms with van der Waals surface area (Å²) < 4.78 is 0. The molecule has 0 aromatic heterocycles. The van der Waals surface area contributed by atoms with Crippen LogP contribution in [-0.4, -0.2) is 24.7 Å². The van der Waals surface area contributed by atoms with Crippen LogP contribution in [0.15, 0.2) is 42.5 Å². The number of fused-ring (bicyclic) bond motifs is 1. The highest BCUT2D eigenvalue weighted by Gasteiger charge is 1.89. The lowest BCUT2D eigenvalue weighted by Gasteiger charge is -1.96.